The highest BCUT2D eigenvalue weighted by molar-refractivity contribution is 9.10. The molecule has 6 heteroatoms. The van der Waals surface area contributed by atoms with Crippen LogP contribution in [-0.4, -0.2) is 30.3 Å². The number of hydrogen-bond acceptors (Lipinski definition) is 2. The zero-order chi connectivity index (χ0) is 16.8. The SMILES string of the molecule is CN(CC(=O)Nc1ccccc1Br)C(=O)Cc1ccc(F)cc1. The van der Waals surface area contributed by atoms with Gasteiger partial charge in [0.2, 0.25) is 11.8 Å². The molecule has 2 rings (SSSR count). The molecule has 0 bridgehead atoms. The third-order valence-electron chi connectivity index (χ3n) is 3.22. The first-order chi connectivity index (χ1) is 11.0. The van der Waals surface area contributed by atoms with Crippen molar-refractivity contribution in [2.75, 3.05) is 18.9 Å². The fraction of sp³-hybridized carbons (Fsp3) is 0.176. The van der Waals surface area contributed by atoms with Gasteiger partial charge in [-0.1, -0.05) is 24.3 Å². The van der Waals surface area contributed by atoms with Crippen LogP contribution in [0, 0.1) is 5.82 Å². The van der Waals surface area contributed by atoms with Gasteiger partial charge in [-0.3, -0.25) is 9.59 Å². The quantitative estimate of drug-likeness (QED) is 0.867. The second-order valence-corrected chi connectivity index (χ2v) is 5.94. The van der Waals surface area contributed by atoms with E-state index in [0.29, 0.717) is 11.3 Å². The normalized spacial score (nSPS) is 10.2. The van der Waals surface area contributed by atoms with Gasteiger partial charge >= 0.3 is 0 Å². The Morgan fingerprint density at radius 2 is 1.78 bits per heavy atom. The van der Waals surface area contributed by atoms with E-state index < -0.39 is 0 Å². The molecule has 0 radical (unpaired) electrons. The minimum Gasteiger partial charge on any atom is -0.336 e. The highest BCUT2D eigenvalue weighted by Gasteiger charge is 2.14. The summed E-state index contributed by atoms with van der Waals surface area (Å²) < 4.78 is 13.6. The number of carbonyl (C=O) groups is 2. The smallest absolute Gasteiger partial charge is 0.244 e. The Morgan fingerprint density at radius 3 is 2.43 bits per heavy atom. The minimum absolute atomic E-state index is 0.0542. The maximum Gasteiger partial charge on any atom is 0.244 e. The molecule has 2 aromatic carbocycles. The van der Waals surface area contributed by atoms with E-state index in [-0.39, 0.29) is 30.6 Å². The van der Waals surface area contributed by atoms with Crippen molar-refractivity contribution in [1.29, 1.82) is 0 Å². The number of nitrogens with zero attached hydrogens (tertiary/aromatic N) is 1. The highest BCUT2D eigenvalue weighted by Crippen LogP contribution is 2.20. The van der Waals surface area contributed by atoms with Gasteiger partial charge in [0.25, 0.3) is 0 Å². The monoisotopic (exact) mass is 378 g/mol. The lowest BCUT2D eigenvalue weighted by Gasteiger charge is -2.17. The molecule has 2 amide bonds. The molecule has 0 aliphatic rings. The van der Waals surface area contributed by atoms with Crippen molar-refractivity contribution in [2.24, 2.45) is 0 Å². The molecule has 0 saturated heterocycles. The van der Waals surface area contributed by atoms with E-state index in [2.05, 4.69) is 21.2 Å². The van der Waals surface area contributed by atoms with Crippen molar-refractivity contribution >= 4 is 33.4 Å². The number of nitrogens with one attached hydrogen (secondary N) is 1. The average molecular weight is 379 g/mol. The van der Waals surface area contributed by atoms with Crippen LogP contribution in [-0.2, 0) is 16.0 Å². The van der Waals surface area contributed by atoms with Crippen molar-refractivity contribution in [3.8, 4) is 0 Å². The molecule has 1 N–H and O–H groups in total. The van der Waals surface area contributed by atoms with Gasteiger partial charge in [0.05, 0.1) is 18.7 Å². The number of hydrogen-bond donors (Lipinski definition) is 1. The van der Waals surface area contributed by atoms with E-state index in [1.165, 1.54) is 17.0 Å². The van der Waals surface area contributed by atoms with Gasteiger partial charge in [-0.2, -0.15) is 0 Å². The lowest BCUT2D eigenvalue weighted by molar-refractivity contribution is -0.132. The van der Waals surface area contributed by atoms with Crippen molar-refractivity contribution in [3.63, 3.8) is 0 Å². The second kappa shape index (κ2) is 7.87. The number of anilines is 1. The largest absolute Gasteiger partial charge is 0.336 e. The first-order valence-corrected chi connectivity index (χ1v) is 7.78. The number of halogens is 2. The lowest BCUT2D eigenvalue weighted by atomic mass is 10.1. The summed E-state index contributed by atoms with van der Waals surface area (Å²) in [4.78, 5) is 25.4. The maximum atomic E-state index is 12.8. The molecule has 0 aliphatic carbocycles. The van der Waals surface area contributed by atoms with E-state index in [4.69, 9.17) is 0 Å². The molecule has 0 saturated carbocycles. The van der Waals surface area contributed by atoms with Crippen LogP contribution in [0.2, 0.25) is 0 Å². The van der Waals surface area contributed by atoms with E-state index in [9.17, 15) is 14.0 Å². The molecule has 4 nitrogen and oxygen atoms in total. The summed E-state index contributed by atoms with van der Waals surface area (Å²) >= 11 is 3.34. The Labute approximate surface area is 142 Å². The first-order valence-electron chi connectivity index (χ1n) is 6.98. The number of rotatable bonds is 5. The Balaban J connectivity index is 1.89. The summed E-state index contributed by atoms with van der Waals surface area (Å²) in [5.74, 6) is -0.840. The second-order valence-electron chi connectivity index (χ2n) is 5.08. The third kappa shape index (κ3) is 5.17. The maximum absolute atomic E-state index is 12.8. The van der Waals surface area contributed by atoms with Crippen LogP contribution in [0.1, 0.15) is 5.56 Å². The fourth-order valence-electron chi connectivity index (χ4n) is 1.97. The fourth-order valence-corrected chi connectivity index (χ4v) is 2.35. The molecule has 120 valence electrons. The van der Waals surface area contributed by atoms with Gasteiger partial charge in [0.15, 0.2) is 0 Å². The first kappa shape index (κ1) is 17.1. The predicted molar refractivity (Wildman–Crippen MR) is 90.5 cm³/mol. The van der Waals surface area contributed by atoms with E-state index in [1.54, 1.807) is 25.2 Å². The molecular weight excluding hydrogens is 363 g/mol. The third-order valence-corrected chi connectivity index (χ3v) is 3.91. The van der Waals surface area contributed by atoms with Crippen LogP contribution in [0.3, 0.4) is 0 Å². The van der Waals surface area contributed by atoms with Crippen LogP contribution in [0.5, 0.6) is 0 Å². The Hall–Kier alpha value is -2.21. The standard InChI is InChI=1S/C17H16BrFN2O2/c1-21(17(23)10-12-6-8-13(19)9-7-12)11-16(22)20-15-5-3-2-4-14(15)18/h2-9H,10-11H2,1H3,(H,20,22). The van der Waals surface area contributed by atoms with Gasteiger partial charge in [0.1, 0.15) is 5.82 Å². The van der Waals surface area contributed by atoms with Crippen LogP contribution in [0.4, 0.5) is 10.1 Å². The molecule has 0 aromatic heterocycles. The molecular formula is C17H16BrFN2O2. The Morgan fingerprint density at radius 1 is 1.13 bits per heavy atom. The minimum atomic E-state index is -0.345. The summed E-state index contributed by atoms with van der Waals surface area (Å²) in [6, 6.07) is 13.0. The van der Waals surface area contributed by atoms with Crippen molar-refractivity contribution in [3.05, 3.63) is 64.4 Å². The zero-order valence-corrected chi connectivity index (χ0v) is 14.1. The average Bonchev–Trinajstić information content (AvgIpc) is 2.51. The van der Waals surface area contributed by atoms with Gasteiger partial charge < -0.3 is 10.2 Å². The van der Waals surface area contributed by atoms with Gasteiger partial charge in [-0.15, -0.1) is 0 Å². The summed E-state index contributed by atoms with van der Waals surface area (Å²) in [5.41, 5.74) is 1.35. The van der Waals surface area contributed by atoms with Gasteiger partial charge in [0, 0.05) is 11.5 Å². The topological polar surface area (TPSA) is 49.4 Å². The van der Waals surface area contributed by atoms with Crippen LogP contribution in [0.25, 0.3) is 0 Å². The van der Waals surface area contributed by atoms with E-state index >= 15 is 0 Å². The molecule has 0 aliphatic heterocycles. The highest BCUT2D eigenvalue weighted by atomic mass is 79.9. The number of likely N-dealkylation sites (N-methyl/N-ethyl adjacent to an activating group) is 1. The Bertz CT molecular complexity index is 704. The lowest BCUT2D eigenvalue weighted by Crippen LogP contribution is -2.35. The molecule has 0 heterocycles. The summed E-state index contributed by atoms with van der Waals surface area (Å²) in [5, 5.41) is 2.74. The summed E-state index contributed by atoms with van der Waals surface area (Å²) in [6.45, 7) is -0.0542. The van der Waals surface area contributed by atoms with Crippen molar-refractivity contribution < 1.29 is 14.0 Å². The van der Waals surface area contributed by atoms with E-state index in [1.807, 2.05) is 18.2 Å². The summed E-state index contributed by atoms with van der Waals surface area (Å²) in [7, 11) is 1.56. The molecule has 23 heavy (non-hydrogen) atoms. The summed E-state index contributed by atoms with van der Waals surface area (Å²) in [6.07, 6.45) is 0.124. The number of amides is 2. The number of para-hydroxylation sites is 1. The zero-order valence-electron chi connectivity index (χ0n) is 12.6. The molecule has 0 fully saturated rings. The number of benzene rings is 2. The van der Waals surface area contributed by atoms with Crippen LogP contribution in [0.15, 0.2) is 53.0 Å². The molecule has 0 unspecified atom stereocenters. The Kier molecular flexibility index (Phi) is 5.87. The molecule has 2 aromatic rings. The van der Waals surface area contributed by atoms with Crippen molar-refractivity contribution in [1.82, 2.24) is 4.90 Å². The number of carbonyl (C=O) groups excluding carboxylic acids is 2. The van der Waals surface area contributed by atoms with Crippen LogP contribution < -0.4 is 5.32 Å². The molecule has 0 atom stereocenters. The van der Waals surface area contributed by atoms with Gasteiger partial charge in [-0.05, 0) is 45.8 Å². The predicted octanol–water partition coefficient (Wildman–Crippen LogP) is 3.23. The van der Waals surface area contributed by atoms with E-state index in [0.717, 1.165) is 4.47 Å². The molecule has 0 spiro atoms. The van der Waals surface area contributed by atoms with Gasteiger partial charge in [-0.25, -0.2) is 4.39 Å². The van der Waals surface area contributed by atoms with Crippen LogP contribution >= 0.6 is 15.9 Å². The van der Waals surface area contributed by atoms with Crippen molar-refractivity contribution in [2.45, 2.75) is 6.42 Å².